The number of benzene rings is 2. The number of allylic oxidation sites excluding steroid dienone is 5. The molecule has 0 aromatic heterocycles. The second-order valence-electron chi connectivity index (χ2n) is 6.82. The van der Waals surface area contributed by atoms with Crippen LogP contribution in [0.3, 0.4) is 0 Å². The maximum Gasteiger partial charge on any atom is 0.316 e. The van der Waals surface area contributed by atoms with Crippen molar-refractivity contribution in [3.8, 4) is 0 Å². The van der Waals surface area contributed by atoms with Gasteiger partial charge in [-0.25, -0.2) is 0 Å². The normalized spacial score (nSPS) is 13.1. The van der Waals surface area contributed by atoms with Crippen LogP contribution in [0.1, 0.15) is 38.8 Å². The third-order valence-corrected chi connectivity index (χ3v) is 5.53. The Balaban J connectivity index is 0.000000305. The van der Waals surface area contributed by atoms with E-state index in [1.165, 1.54) is 51.0 Å². The van der Waals surface area contributed by atoms with Crippen LogP contribution in [-0.2, 0) is 0 Å². The van der Waals surface area contributed by atoms with Gasteiger partial charge in [-0.2, -0.15) is 0 Å². The Labute approximate surface area is 200 Å². The van der Waals surface area contributed by atoms with Gasteiger partial charge in [0.15, 0.2) is 0 Å². The van der Waals surface area contributed by atoms with Crippen LogP contribution in [0, 0.1) is 0 Å². The number of aliphatic hydroxyl groups excluding tert-OH is 2. The van der Waals surface area contributed by atoms with Crippen LogP contribution in [0.15, 0.2) is 93.6 Å². The van der Waals surface area contributed by atoms with Gasteiger partial charge in [0.2, 0.25) is 0 Å². The van der Waals surface area contributed by atoms with E-state index in [2.05, 4.69) is 37.1 Å². The van der Waals surface area contributed by atoms with Crippen molar-refractivity contribution >= 4 is 44.7 Å². The predicted octanol–water partition coefficient (Wildman–Crippen LogP) is 5.46. The Hall–Kier alpha value is -3.13. The largest absolute Gasteiger partial charge is 0.512 e. The summed E-state index contributed by atoms with van der Waals surface area (Å²) in [6.45, 7) is 6.00. The summed E-state index contributed by atoms with van der Waals surface area (Å²) >= 11 is -1.01. The third kappa shape index (κ3) is 11.9. The minimum atomic E-state index is -1.01. The SMILES string of the molecule is C1=C(c2ccccc2)[N-][Sn][N]=C1c1ccccc1.CC(=[OH+])/C=C(/C)O.CC(=[OH+])/C=C(/C)O. The minimum absolute atomic E-state index is 0.125. The van der Waals surface area contributed by atoms with Crippen LogP contribution in [0.5, 0.6) is 0 Å². The Morgan fingerprint density at radius 2 is 1.22 bits per heavy atom. The fourth-order valence-electron chi connectivity index (χ4n) is 2.44. The predicted molar refractivity (Wildman–Crippen MR) is 135 cm³/mol. The zero-order valence-corrected chi connectivity index (χ0v) is 21.5. The maximum atomic E-state index is 8.40. The summed E-state index contributed by atoms with van der Waals surface area (Å²) in [5.41, 5.74) is 4.52. The number of ketones is 2. The molecule has 0 fully saturated rings. The number of rotatable bonds is 4. The Morgan fingerprint density at radius 3 is 1.59 bits per heavy atom. The van der Waals surface area contributed by atoms with Crippen molar-refractivity contribution in [3.05, 3.63) is 105 Å². The van der Waals surface area contributed by atoms with Crippen molar-refractivity contribution in [2.24, 2.45) is 3.21 Å². The van der Waals surface area contributed by atoms with E-state index in [-0.39, 0.29) is 23.1 Å². The number of carbonyl (C=O) groups excluding carboxylic acids is 2. The van der Waals surface area contributed by atoms with Crippen molar-refractivity contribution in [2.45, 2.75) is 27.7 Å². The molecular weight excluding hydrogens is 511 g/mol. The van der Waals surface area contributed by atoms with Gasteiger partial charge in [-0.05, 0) is 13.8 Å². The van der Waals surface area contributed by atoms with E-state index in [0.29, 0.717) is 0 Å². The second-order valence-corrected chi connectivity index (χ2v) is 8.67. The topological polar surface area (TPSA) is 110 Å². The van der Waals surface area contributed by atoms with E-state index in [4.69, 9.17) is 19.8 Å². The Bertz CT molecular complexity index is 975. The molecule has 0 spiro atoms. The number of hydrogen-bond acceptors (Lipinski definition) is 3. The average Bonchev–Trinajstić information content (AvgIpc) is 2.74. The third-order valence-electron chi connectivity index (χ3n) is 3.59. The van der Waals surface area contributed by atoms with Gasteiger partial charge >= 0.3 is 129 Å². The zero-order chi connectivity index (χ0) is 23.9. The first kappa shape index (κ1) is 26.9. The van der Waals surface area contributed by atoms with Gasteiger partial charge < -0.3 is 10.2 Å². The fourth-order valence-corrected chi connectivity index (χ4v) is 4.31. The number of nitrogens with zero attached hydrogens (tertiary/aromatic N) is 2. The molecule has 0 aliphatic carbocycles. The Morgan fingerprint density at radius 1 is 0.781 bits per heavy atom. The van der Waals surface area contributed by atoms with E-state index in [0.717, 1.165) is 11.4 Å². The summed E-state index contributed by atoms with van der Waals surface area (Å²) < 4.78 is 9.24. The standard InChI is InChI=1S/C15H11N2.2C5H8O2.Sn/c16-14(12-7-3-1-4-8-12)11-15(17)13-9-5-2-6-10-13;2*1-4(6)3-5(2)7;/h1-11H;2*3,6H,1-2H3;/q-2;;;+1/p+2/b;2*4-3-;. The molecule has 166 valence electrons. The molecule has 2 aromatic carbocycles. The maximum absolute atomic E-state index is 8.40. The average molecular weight is 540 g/mol. The van der Waals surface area contributed by atoms with E-state index in [1.54, 1.807) is 0 Å². The number of aliphatic hydroxyl groups is 2. The van der Waals surface area contributed by atoms with Crippen molar-refractivity contribution in [1.29, 1.82) is 0 Å². The smallest absolute Gasteiger partial charge is 0.316 e. The van der Waals surface area contributed by atoms with Crippen LogP contribution >= 0.6 is 0 Å². The summed E-state index contributed by atoms with van der Waals surface area (Å²) in [6.07, 6.45) is 4.65. The molecule has 0 amide bonds. The molecular formula is C25H29N2O4Sn+. The van der Waals surface area contributed by atoms with Gasteiger partial charge in [0, 0.05) is 0 Å². The summed E-state index contributed by atoms with van der Waals surface area (Å²) in [6, 6.07) is 20.6. The molecule has 32 heavy (non-hydrogen) atoms. The summed E-state index contributed by atoms with van der Waals surface area (Å²) in [4.78, 5) is 16.8. The van der Waals surface area contributed by atoms with E-state index in [9.17, 15) is 0 Å². The molecule has 1 heterocycles. The zero-order valence-electron chi connectivity index (χ0n) is 18.7. The number of hydrogen-bond donors (Lipinski definition) is 2. The molecule has 4 N–H and O–H groups in total. The molecule has 0 unspecified atom stereocenters. The quantitative estimate of drug-likeness (QED) is 0.232. The summed E-state index contributed by atoms with van der Waals surface area (Å²) in [7, 11) is 0. The van der Waals surface area contributed by atoms with Crippen molar-refractivity contribution in [2.75, 3.05) is 0 Å². The first-order chi connectivity index (χ1) is 15.2. The van der Waals surface area contributed by atoms with Gasteiger partial charge in [0.25, 0.3) is 0 Å². The minimum Gasteiger partial charge on any atom is -0.512 e. The van der Waals surface area contributed by atoms with Gasteiger partial charge in [-0.15, -0.1) is 0 Å². The first-order valence-electron chi connectivity index (χ1n) is 9.84. The van der Waals surface area contributed by atoms with Crippen LogP contribution in [0.2, 0.25) is 0 Å². The van der Waals surface area contributed by atoms with Gasteiger partial charge in [0.1, 0.15) is 0 Å². The first-order valence-corrected chi connectivity index (χ1v) is 12.4. The monoisotopic (exact) mass is 541 g/mol. The summed E-state index contributed by atoms with van der Waals surface area (Å²) in [5.74, 6) is 0.500. The molecule has 1 aliphatic heterocycles. The van der Waals surface area contributed by atoms with E-state index < -0.39 is 21.7 Å². The molecule has 3 rings (SSSR count). The van der Waals surface area contributed by atoms with Gasteiger partial charge in [-0.1, -0.05) is 0 Å². The van der Waals surface area contributed by atoms with Crippen molar-refractivity contribution in [1.82, 2.24) is 0 Å². The van der Waals surface area contributed by atoms with E-state index in [1.807, 2.05) is 36.4 Å². The van der Waals surface area contributed by atoms with Gasteiger partial charge in [0.05, 0.1) is 37.5 Å². The molecule has 1 aliphatic rings. The van der Waals surface area contributed by atoms with E-state index >= 15 is 0 Å². The molecule has 7 heteroatoms. The van der Waals surface area contributed by atoms with Gasteiger partial charge in [-0.3, -0.25) is 9.59 Å². The molecule has 0 atom stereocenters. The Kier molecular flexibility index (Phi) is 12.4. The van der Waals surface area contributed by atoms with Crippen LogP contribution in [0.4, 0.5) is 0 Å². The summed E-state index contributed by atoms with van der Waals surface area (Å²) in [5, 5.41) is 16.8. The molecule has 0 saturated heterocycles. The van der Waals surface area contributed by atoms with Crippen LogP contribution in [-0.4, -0.2) is 58.8 Å². The molecule has 0 bridgehead atoms. The molecule has 0 saturated carbocycles. The molecule has 2 aromatic rings. The van der Waals surface area contributed by atoms with Crippen LogP contribution < -0.4 is 0 Å². The van der Waals surface area contributed by atoms with Crippen molar-refractivity contribution < 1.29 is 19.8 Å². The van der Waals surface area contributed by atoms with Crippen LogP contribution in [0.25, 0.3) is 9.24 Å². The molecule has 6 nitrogen and oxygen atoms in total. The van der Waals surface area contributed by atoms with Crippen molar-refractivity contribution in [3.63, 3.8) is 0 Å². The second kappa shape index (κ2) is 14.8. The molecule has 2 radical (unpaired) electrons. The fraction of sp³-hybridized carbons (Fsp3) is 0.160.